The van der Waals surface area contributed by atoms with E-state index in [-0.39, 0.29) is 18.3 Å². The maximum absolute atomic E-state index is 13.5. The van der Waals surface area contributed by atoms with Gasteiger partial charge in [-0.3, -0.25) is 4.79 Å². The molecule has 4 aromatic rings. The van der Waals surface area contributed by atoms with Crippen LogP contribution in [-0.2, 0) is 13.0 Å². The third-order valence-electron chi connectivity index (χ3n) is 9.29. The van der Waals surface area contributed by atoms with E-state index in [9.17, 15) is 19.7 Å². The standard InChI is InChI=1S/C40H37ClFN3O4/c1-26-32(5-3-8-37(26)47-16-4-13-45-14-11-31(42)12-15-45)33-6-2-7-35-34(33)9-10-38(35)49-40-21-39(30(24-46)20-36(40)41)48-25-29-18-27(22-43)17-28(19-29)23-44/h2-3,5-8,17-21,24,31,38H,4,9-16,25H2,1H3/t38-/m0/s1. The highest BCUT2D eigenvalue weighted by Crippen LogP contribution is 2.44. The van der Waals surface area contributed by atoms with Crippen LogP contribution in [0.3, 0.4) is 0 Å². The van der Waals surface area contributed by atoms with Crippen molar-refractivity contribution in [2.45, 2.75) is 57.9 Å². The Morgan fingerprint density at radius 1 is 0.918 bits per heavy atom. The number of benzene rings is 4. The van der Waals surface area contributed by atoms with E-state index in [0.717, 1.165) is 66.9 Å². The van der Waals surface area contributed by atoms with Gasteiger partial charge in [-0.15, -0.1) is 0 Å². The summed E-state index contributed by atoms with van der Waals surface area (Å²) in [5.74, 6) is 1.55. The Bertz CT molecular complexity index is 1890. The number of halogens is 2. The minimum atomic E-state index is -0.660. The summed E-state index contributed by atoms with van der Waals surface area (Å²) in [4.78, 5) is 14.2. The zero-order chi connectivity index (χ0) is 34.3. The lowest BCUT2D eigenvalue weighted by molar-refractivity contribution is 0.111. The average Bonchev–Trinajstić information content (AvgIpc) is 3.54. The predicted molar refractivity (Wildman–Crippen MR) is 186 cm³/mol. The van der Waals surface area contributed by atoms with Crippen LogP contribution in [0.5, 0.6) is 17.2 Å². The summed E-state index contributed by atoms with van der Waals surface area (Å²) in [7, 11) is 0. The van der Waals surface area contributed by atoms with E-state index in [2.05, 4.69) is 42.2 Å². The number of hydrogen-bond donors (Lipinski definition) is 0. The predicted octanol–water partition coefficient (Wildman–Crippen LogP) is 8.72. The summed E-state index contributed by atoms with van der Waals surface area (Å²) < 4.78 is 32.2. The van der Waals surface area contributed by atoms with E-state index < -0.39 is 6.17 Å². The molecule has 0 amide bonds. The number of rotatable bonds is 12. The van der Waals surface area contributed by atoms with Gasteiger partial charge >= 0.3 is 0 Å². The molecule has 2 aliphatic rings. The Hall–Kier alpha value is -4.89. The van der Waals surface area contributed by atoms with Gasteiger partial charge in [0.15, 0.2) is 6.29 Å². The molecule has 0 radical (unpaired) electrons. The van der Waals surface area contributed by atoms with E-state index in [0.29, 0.717) is 58.9 Å². The summed E-state index contributed by atoms with van der Waals surface area (Å²) in [6.45, 7) is 5.28. The summed E-state index contributed by atoms with van der Waals surface area (Å²) in [5.41, 5.74) is 7.23. The summed E-state index contributed by atoms with van der Waals surface area (Å²) in [6, 6.07) is 24.5. The number of carbonyl (C=O) groups excluding carboxylic acids is 1. The van der Waals surface area contributed by atoms with Crippen LogP contribution in [0.15, 0.2) is 66.7 Å². The lowest BCUT2D eigenvalue weighted by atomic mass is 9.93. The number of carbonyl (C=O) groups is 1. The molecule has 1 aliphatic heterocycles. The molecular formula is C40H37ClFN3O4. The summed E-state index contributed by atoms with van der Waals surface area (Å²) in [6.07, 6.45) is 3.46. The smallest absolute Gasteiger partial charge is 0.153 e. The zero-order valence-corrected chi connectivity index (χ0v) is 28.1. The van der Waals surface area contributed by atoms with Crippen molar-refractivity contribution in [1.29, 1.82) is 10.5 Å². The third kappa shape index (κ3) is 7.89. The number of nitriles is 2. The minimum Gasteiger partial charge on any atom is -0.493 e. The molecule has 0 N–H and O–H groups in total. The van der Waals surface area contributed by atoms with Gasteiger partial charge in [-0.25, -0.2) is 4.39 Å². The lowest BCUT2D eigenvalue weighted by Crippen LogP contribution is -2.35. The van der Waals surface area contributed by atoms with Crippen LogP contribution in [0.25, 0.3) is 11.1 Å². The molecule has 0 unspecified atom stereocenters. The SMILES string of the molecule is Cc1c(OCCCN2CCC(F)CC2)cccc1-c1cccc2c1CC[C@@H]2Oc1cc(OCc2cc(C#N)cc(C#N)c2)c(C=O)cc1Cl. The Labute approximate surface area is 291 Å². The van der Waals surface area contributed by atoms with Crippen molar-refractivity contribution in [3.05, 3.63) is 111 Å². The second kappa shape index (κ2) is 15.6. The molecular weight excluding hydrogens is 641 g/mol. The van der Waals surface area contributed by atoms with E-state index in [1.807, 2.05) is 18.2 Å². The van der Waals surface area contributed by atoms with Gasteiger partial charge in [0, 0.05) is 25.7 Å². The molecule has 49 heavy (non-hydrogen) atoms. The first kappa shape index (κ1) is 34.0. The van der Waals surface area contributed by atoms with E-state index in [4.69, 9.17) is 25.8 Å². The molecule has 0 aromatic heterocycles. The first-order valence-electron chi connectivity index (χ1n) is 16.6. The Morgan fingerprint density at radius 2 is 1.65 bits per heavy atom. The second-order valence-corrected chi connectivity index (χ2v) is 12.9. The molecule has 1 fully saturated rings. The molecule has 0 spiro atoms. The van der Waals surface area contributed by atoms with Crippen LogP contribution in [0, 0.1) is 29.6 Å². The van der Waals surface area contributed by atoms with Crippen molar-refractivity contribution in [2.24, 2.45) is 0 Å². The largest absolute Gasteiger partial charge is 0.493 e. The molecule has 250 valence electrons. The summed E-state index contributed by atoms with van der Waals surface area (Å²) in [5, 5.41) is 18.9. The van der Waals surface area contributed by atoms with Crippen molar-refractivity contribution < 1.29 is 23.4 Å². The average molecular weight is 678 g/mol. The molecule has 9 heteroatoms. The van der Waals surface area contributed by atoms with E-state index in [1.54, 1.807) is 18.2 Å². The van der Waals surface area contributed by atoms with Crippen LogP contribution in [0.1, 0.15) is 75.5 Å². The fourth-order valence-corrected chi connectivity index (χ4v) is 6.94. The Balaban J connectivity index is 1.16. The highest BCUT2D eigenvalue weighted by Gasteiger charge is 2.28. The van der Waals surface area contributed by atoms with Crippen LogP contribution >= 0.6 is 11.6 Å². The topological polar surface area (TPSA) is 95.6 Å². The van der Waals surface area contributed by atoms with Crippen LogP contribution < -0.4 is 14.2 Å². The highest BCUT2D eigenvalue weighted by atomic mass is 35.5. The van der Waals surface area contributed by atoms with E-state index >= 15 is 0 Å². The molecule has 1 saturated heterocycles. The number of ether oxygens (including phenoxy) is 3. The number of alkyl halides is 1. The lowest BCUT2D eigenvalue weighted by Gasteiger charge is -2.28. The molecule has 1 atom stereocenters. The number of fused-ring (bicyclic) bond motifs is 1. The molecule has 6 rings (SSSR count). The molecule has 1 aliphatic carbocycles. The molecule has 0 saturated carbocycles. The summed E-state index contributed by atoms with van der Waals surface area (Å²) >= 11 is 6.61. The van der Waals surface area contributed by atoms with Gasteiger partial charge in [0.1, 0.15) is 36.1 Å². The van der Waals surface area contributed by atoms with Gasteiger partial charge in [-0.2, -0.15) is 10.5 Å². The molecule has 7 nitrogen and oxygen atoms in total. The maximum atomic E-state index is 13.5. The Kier molecular flexibility index (Phi) is 10.8. The number of likely N-dealkylation sites (tertiary alicyclic amines) is 1. The van der Waals surface area contributed by atoms with Crippen molar-refractivity contribution in [1.82, 2.24) is 4.90 Å². The Morgan fingerprint density at radius 3 is 2.39 bits per heavy atom. The van der Waals surface area contributed by atoms with Gasteiger partial charge in [-0.1, -0.05) is 41.9 Å². The number of piperidine rings is 1. The van der Waals surface area contributed by atoms with Gasteiger partial charge in [-0.05, 0) is 103 Å². The van der Waals surface area contributed by atoms with Crippen molar-refractivity contribution in [2.75, 3.05) is 26.2 Å². The fraction of sp³-hybridized carbons (Fsp3) is 0.325. The monoisotopic (exact) mass is 677 g/mol. The zero-order valence-electron chi connectivity index (χ0n) is 27.4. The number of nitrogens with zero attached hydrogens (tertiary/aromatic N) is 3. The number of hydrogen-bond acceptors (Lipinski definition) is 7. The third-order valence-corrected chi connectivity index (χ3v) is 9.58. The molecule has 0 bridgehead atoms. The fourth-order valence-electron chi connectivity index (χ4n) is 6.73. The van der Waals surface area contributed by atoms with Crippen LogP contribution in [-0.4, -0.2) is 43.6 Å². The quantitative estimate of drug-likeness (QED) is 0.109. The van der Waals surface area contributed by atoms with Crippen LogP contribution in [0.2, 0.25) is 5.02 Å². The van der Waals surface area contributed by atoms with Gasteiger partial charge < -0.3 is 19.1 Å². The normalized spacial score (nSPS) is 16.0. The van der Waals surface area contributed by atoms with Gasteiger partial charge in [0.2, 0.25) is 0 Å². The first-order chi connectivity index (χ1) is 23.9. The first-order valence-corrected chi connectivity index (χ1v) is 17.0. The molecule has 1 heterocycles. The van der Waals surface area contributed by atoms with Crippen LogP contribution in [0.4, 0.5) is 4.39 Å². The second-order valence-electron chi connectivity index (χ2n) is 12.5. The van der Waals surface area contributed by atoms with Crippen molar-refractivity contribution in [3.63, 3.8) is 0 Å². The van der Waals surface area contributed by atoms with Crippen molar-refractivity contribution >= 4 is 17.9 Å². The molecule has 4 aromatic carbocycles. The number of aldehydes is 1. The van der Waals surface area contributed by atoms with Gasteiger partial charge in [0.05, 0.1) is 40.5 Å². The minimum absolute atomic E-state index is 0.0448. The highest BCUT2D eigenvalue weighted by molar-refractivity contribution is 6.32. The van der Waals surface area contributed by atoms with E-state index in [1.165, 1.54) is 17.7 Å². The van der Waals surface area contributed by atoms with Gasteiger partial charge in [0.25, 0.3) is 0 Å². The van der Waals surface area contributed by atoms with Crippen molar-refractivity contribution in [3.8, 4) is 40.5 Å². The maximum Gasteiger partial charge on any atom is 0.153 e.